The van der Waals surface area contributed by atoms with Crippen LogP contribution in [0, 0.1) is 6.92 Å². The molecule has 0 aliphatic heterocycles. The molecule has 0 aliphatic rings. The van der Waals surface area contributed by atoms with Crippen LogP contribution in [0.1, 0.15) is 5.56 Å². The van der Waals surface area contributed by atoms with Gasteiger partial charge in [0.15, 0.2) is 0 Å². The summed E-state index contributed by atoms with van der Waals surface area (Å²) in [5, 5.41) is 3.08. The average molecular weight is 267 g/mol. The smallest absolute Gasteiger partial charge is 0.323 e. The topological polar surface area (TPSA) is 21.3 Å². The maximum absolute atomic E-state index is 5.77. The van der Waals surface area contributed by atoms with E-state index in [1.807, 2.05) is 7.05 Å². The molecule has 0 aliphatic carbocycles. The van der Waals surface area contributed by atoms with Crippen LogP contribution in [0.15, 0.2) is 48.5 Å². The Bertz CT molecular complexity index is 522. The van der Waals surface area contributed by atoms with Gasteiger partial charge >= 0.3 is 6.92 Å². The molecule has 0 saturated heterocycles. The van der Waals surface area contributed by atoms with Gasteiger partial charge in [0.25, 0.3) is 0 Å². The molecule has 0 unspecified atom stereocenters. The highest BCUT2D eigenvalue weighted by Gasteiger charge is 2.11. The SMILES string of the molecule is CNCCOB(C)c1ccc(-c2ccc(C)cc2)cc1. The molecule has 2 aromatic rings. The van der Waals surface area contributed by atoms with E-state index in [-0.39, 0.29) is 6.92 Å². The van der Waals surface area contributed by atoms with Crippen molar-refractivity contribution in [3.63, 3.8) is 0 Å². The summed E-state index contributed by atoms with van der Waals surface area (Å²) in [6.45, 7) is 5.95. The summed E-state index contributed by atoms with van der Waals surface area (Å²) >= 11 is 0. The van der Waals surface area contributed by atoms with Crippen molar-refractivity contribution in [2.45, 2.75) is 13.7 Å². The first kappa shape index (κ1) is 14.8. The van der Waals surface area contributed by atoms with E-state index in [1.165, 1.54) is 22.2 Å². The van der Waals surface area contributed by atoms with Gasteiger partial charge in [-0.05, 0) is 30.6 Å². The molecular weight excluding hydrogens is 245 g/mol. The number of hydrogen-bond donors (Lipinski definition) is 1. The molecular formula is C17H22BNO. The first-order chi connectivity index (χ1) is 9.70. The fourth-order valence-corrected chi connectivity index (χ4v) is 2.13. The highest BCUT2D eigenvalue weighted by molar-refractivity contribution is 6.66. The van der Waals surface area contributed by atoms with Crippen LogP contribution in [0.3, 0.4) is 0 Å². The molecule has 0 spiro atoms. The number of aryl methyl sites for hydroxylation is 1. The van der Waals surface area contributed by atoms with E-state index in [9.17, 15) is 0 Å². The Kier molecular flexibility index (Phi) is 5.39. The summed E-state index contributed by atoms with van der Waals surface area (Å²) < 4.78 is 5.77. The molecule has 2 rings (SSSR count). The molecule has 0 fully saturated rings. The van der Waals surface area contributed by atoms with E-state index in [0.717, 1.165) is 13.2 Å². The Morgan fingerprint density at radius 3 is 2.05 bits per heavy atom. The minimum absolute atomic E-state index is 0.135. The first-order valence-corrected chi connectivity index (χ1v) is 7.14. The Balaban J connectivity index is 2.04. The second-order valence-electron chi connectivity index (χ2n) is 5.10. The molecule has 3 heteroatoms. The van der Waals surface area contributed by atoms with Gasteiger partial charge in [-0.15, -0.1) is 0 Å². The number of nitrogens with one attached hydrogen (secondary N) is 1. The molecule has 0 atom stereocenters. The predicted molar refractivity (Wildman–Crippen MR) is 87.7 cm³/mol. The average Bonchev–Trinajstić information content (AvgIpc) is 2.48. The predicted octanol–water partition coefficient (Wildman–Crippen LogP) is 2.73. The van der Waals surface area contributed by atoms with Gasteiger partial charge in [-0.1, -0.05) is 60.9 Å². The van der Waals surface area contributed by atoms with Crippen molar-refractivity contribution < 1.29 is 4.65 Å². The van der Waals surface area contributed by atoms with E-state index < -0.39 is 0 Å². The highest BCUT2D eigenvalue weighted by atomic mass is 16.4. The Morgan fingerprint density at radius 2 is 1.50 bits per heavy atom. The molecule has 0 bridgehead atoms. The van der Waals surface area contributed by atoms with Gasteiger partial charge < -0.3 is 9.97 Å². The molecule has 0 amide bonds. The maximum Gasteiger partial charge on any atom is 0.323 e. The summed E-state index contributed by atoms with van der Waals surface area (Å²) in [5.41, 5.74) is 5.01. The number of hydrogen-bond acceptors (Lipinski definition) is 2. The summed E-state index contributed by atoms with van der Waals surface area (Å²) in [6.07, 6.45) is 0. The molecule has 0 heterocycles. The quantitative estimate of drug-likeness (QED) is 0.642. The van der Waals surface area contributed by atoms with Gasteiger partial charge in [-0.25, -0.2) is 0 Å². The van der Waals surface area contributed by atoms with Crippen molar-refractivity contribution in [1.82, 2.24) is 5.32 Å². The van der Waals surface area contributed by atoms with E-state index >= 15 is 0 Å². The molecule has 104 valence electrons. The van der Waals surface area contributed by atoms with Gasteiger partial charge in [0.2, 0.25) is 0 Å². The van der Waals surface area contributed by atoms with Crippen LogP contribution in [-0.4, -0.2) is 27.1 Å². The third kappa shape index (κ3) is 3.96. The minimum atomic E-state index is 0.135. The summed E-state index contributed by atoms with van der Waals surface area (Å²) in [7, 11) is 1.93. The van der Waals surface area contributed by atoms with Crippen LogP contribution in [0.5, 0.6) is 0 Å². The Hall–Kier alpha value is -1.58. The lowest BCUT2D eigenvalue weighted by molar-refractivity contribution is 0.330. The lowest BCUT2D eigenvalue weighted by Gasteiger charge is -2.11. The van der Waals surface area contributed by atoms with Crippen molar-refractivity contribution in [2.75, 3.05) is 20.2 Å². The molecule has 1 N–H and O–H groups in total. The van der Waals surface area contributed by atoms with E-state index in [2.05, 4.69) is 67.6 Å². The lowest BCUT2D eigenvalue weighted by atomic mass is 9.63. The first-order valence-electron chi connectivity index (χ1n) is 7.14. The molecule has 0 radical (unpaired) electrons. The fraction of sp³-hybridized carbons (Fsp3) is 0.294. The number of likely N-dealkylation sites (N-methyl/N-ethyl adjacent to an activating group) is 1. The third-order valence-electron chi connectivity index (χ3n) is 3.48. The van der Waals surface area contributed by atoms with Gasteiger partial charge in [0.1, 0.15) is 0 Å². The summed E-state index contributed by atoms with van der Waals surface area (Å²) in [6, 6.07) is 17.3. The second-order valence-corrected chi connectivity index (χ2v) is 5.10. The molecule has 20 heavy (non-hydrogen) atoms. The highest BCUT2D eigenvalue weighted by Crippen LogP contribution is 2.18. The molecule has 0 aromatic heterocycles. The third-order valence-corrected chi connectivity index (χ3v) is 3.48. The minimum Gasteiger partial charge on any atom is -0.430 e. The monoisotopic (exact) mass is 267 g/mol. The van der Waals surface area contributed by atoms with Crippen molar-refractivity contribution >= 4 is 12.4 Å². The van der Waals surface area contributed by atoms with Gasteiger partial charge in [0, 0.05) is 13.2 Å². The van der Waals surface area contributed by atoms with Crippen molar-refractivity contribution in [3.8, 4) is 11.1 Å². The number of rotatable bonds is 6. The summed E-state index contributed by atoms with van der Waals surface area (Å²) in [4.78, 5) is 0. The normalized spacial score (nSPS) is 10.6. The van der Waals surface area contributed by atoms with E-state index in [1.54, 1.807) is 0 Å². The summed E-state index contributed by atoms with van der Waals surface area (Å²) in [5.74, 6) is 0. The molecule has 0 saturated carbocycles. The zero-order valence-electron chi connectivity index (χ0n) is 12.5. The standard InChI is InChI=1S/C17H22BNO/c1-14-4-6-15(7-5-14)16-8-10-17(11-9-16)18(2)20-13-12-19-3/h4-11,19H,12-13H2,1-3H3. The van der Waals surface area contributed by atoms with E-state index in [0.29, 0.717) is 0 Å². The van der Waals surface area contributed by atoms with Crippen LogP contribution < -0.4 is 10.8 Å². The largest absolute Gasteiger partial charge is 0.430 e. The molecule has 2 aromatic carbocycles. The zero-order valence-corrected chi connectivity index (χ0v) is 12.5. The maximum atomic E-state index is 5.77. The fourth-order valence-electron chi connectivity index (χ4n) is 2.13. The van der Waals surface area contributed by atoms with E-state index in [4.69, 9.17) is 4.65 Å². The van der Waals surface area contributed by atoms with Gasteiger partial charge in [0.05, 0.1) is 0 Å². The number of benzene rings is 2. The van der Waals surface area contributed by atoms with Crippen molar-refractivity contribution in [1.29, 1.82) is 0 Å². The lowest BCUT2D eigenvalue weighted by Crippen LogP contribution is -2.32. The van der Waals surface area contributed by atoms with Gasteiger partial charge in [-0.3, -0.25) is 0 Å². The van der Waals surface area contributed by atoms with Crippen molar-refractivity contribution in [3.05, 3.63) is 54.1 Å². The second kappa shape index (κ2) is 7.27. The van der Waals surface area contributed by atoms with Crippen LogP contribution in [-0.2, 0) is 4.65 Å². The van der Waals surface area contributed by atoms with Gasteiger partial charge in [-0.2, -0.15) is 0 Å². The van der Waals surface area contributed by atoms with Crippen LogP contribution >= 0.6 is 0 Å². The zero-order chi connectivity index (χ0) is 14.4. The Labute approximate surface area is 122 Å². The Morgan fingerprint density at radius 1 is 0.950 bits per heavy atom. The van der Waals surface area contributed by atoms with Crippen molar-refractivity contribution in [2.24, 2.45) is 0 Å². The van der Waals surface area contributed by atoms with Crippen LogP contribution in [0.25, 0.3) is 11.1 Å². The van der Waals surface area contributed by atoms with Crippen LogP contribution in [0.2, 0.25) is 6.82 Å². The molecule has 2 nitrogen and oxygen atoms in total. The van der Waals surface area contributed by atoms with Crippen LogP contribution in [0.4, 0.5) is 0 Å².